The lowest BCUT2D eigenvalue weighted by Crippen LogP contribution is -2.17. The van der Waals surface area contributed by atoms with Crippen LogP contribution in [0.25, 0.3) is 0 Å². The summed E-state index contributed by atoms with van der Waals surface area (Å²) in [6.07, 6.45) is 5.78. The van der Waals surface area contributed by atoms with Crippen LogP contribution in [0.5, 0.6) is 0 Å². The molecule has 2 fully saturated rings. The molecule has 2 heterocycles. The van der Waals surface area contributed by atoms with Crippen molar-refractivity contribution in [1.29, 1.82) is 0 Å². The average Bonchev–Trinajstić information content (AvgIpc) is 3.09. The summed E-state index contributed by atoms with van der Waals surface area (Å²) >= 11 is 0. The Morgan fingerprint density at radius 2 is 2.12 bits per heavy atom. The third-order valence-corrected chi connectivity index (χ3v) is 3.31. The topological polar surface area (TPSA) is 60.2 Å². The summed E-state index contributed by atoms with van der Waals surface area (Å²) in [5.41, 5.74) is 0. The molecule has 1 unspecified atom stereocenters. The average molecular weight is 223 g/mol. The summed E-state index contributed by atoms with van der Waals surface area (Å²) in [5, 5.41) is 17.5. The molecule has 16 heavy (non-hydrogen) atoms. The molecule has 1 atom stereocenters. The lowest BCUT2D eigenvalue weighted by atomic mass is 10.1. The van der Waals surface area contributed by atoms with Crippen molar-refractivity contribution in [3.8, 4) is 0 Å². The Morgan fingerprint density at radius 1 is 1.25 bits per heavy atom. The summed E-state index contributed by atoms with van der Waals surface area (Å²) < 4.78 is 7.83. The Bertz CT molecular complexity index is 367. The van der Waals surface area contributed by atoms with Crippen molar-refractivity contribution in [1.82, 2.24) is 14.8 Å². The Labute approximate surface area is 94.4 Å². The van der Waals surface area contributed by atoms with Gasteiger partial charge in [0.05, 0.1) is 0 Å². The number of hydrogen-bond donors (Lipinski definition) is 1. The van der Waals surface area contributed by atoms with Crippen LogP contribution in [0.2, 0.25) is 0 Å². The number of aliphatic hydroxyl groups is 1. The van der Waals surface area contributed by atoms with Gasteiger partial charge in [0, 0.05) is 12.6 Å². The maximum atomic E-state index is 9.24. The van der Waals surface area contributed by atoms with E-state index in [2.05, 4.69) is 14.8 Å². The van der Waals surface area contributed by atoms with Gasteiger partial charge < -0.3 is 14.4 Å². The normalized spacial score (nSPS) is 25.9. The van der Waals surface area contributed by atoms with Gasteiger partial charge in [0.25, 0.3) is 0 Å². The van der Waals surface area contributed by atoms with Crippen molar-refractivity contribution in [3.63, 3.8) is 0 Å². The second-order valence-corrected chi connectivity index (χ2v) is 4.59. The summed E-state index contributed by atoms with van der Waals surface area (Å²) in [6, 6.07) is 0.498. The molecule has 1 aliphatic heterocycles. The van der Waals surface area contributed by atoms with Crippen LogP contribution in [-0.4, -0.2) is 26.5 Å². The van der Waals surface area contributed by atoms with E-state index in [1.165, 1.54) is 19.3 Å². The number of ether oxygens (including phenoxy) is 1. The molecule has 2 aliphatic rings. The van der Waals surface area contributed by atoms with Crippen LogP contribution in [0.1, 0.15) is 55.9 Å². The Morgan fingerprint density at radius 3 is 2.75 bits per heavy atom. The monoisotopic (exact) mass is 223 g/mol. The molecule has 1 saturated heterocycles. The van der Waals surface area contributed by atoms with Gasteiger partial charge in [-0.05, 0) is 32.1 Å². The first-order valence-electron chi connectivity index (χ1n) is 6.06. The highest BCUT2D eigenvalue weighted by atomic mass is 16.5. The number of aliphatic hydroxyl groups excluding tert-OH is 1. The molecule has 0 spiro atoms. The fraction of sp³-hybridized carbons (Fsp3) is 0.818. The van der Waals surface area contributed by atoms with Gasteiger partial charge in [-0.2, -0.15) is 0 Å². The van der Waals surface area contributed by atoms with E-state index in [0.717, 1.165) is 25.3 Å². The molecule has 0 bridgehead atoms. The van der Waals surface area contributed by atoms with Crippen molar-refractivity contribution in [2.24, 2.45) is 0 Å². The van der Waals surface area contributed by atoms with E-state index >= 15 is 0 Å². The van der Waals surface area contributed by atoms with Gasteiger partial charge in [0.15, 0.2) is 11.6 Å². The number of nitrogens with zero attached hydrogens (tertiary/aromatic N) is 3. The standard InChI is InChI=1S/C11H17N3O2/c15-7-10-12-13-11(14(10)8-4-5-8)9-3-1-2-6-16-9/h8-9,15H,1-7H2. The van der Waals surface area contributed by atoms with E-state index in [-0.39, 0.29) is 12.7 Å². The molecule has 88 valence electrons. The van der Waals surface area contributed by atoms with Crippen molar-refractivity contribution in [3.05, 3.63) is 11.6 Å². The van der Waals surface area contributed by atoms with Gasteiger partial charge in [0.2, 0.25) is 0 Å². The summed E-state index contributed by atoms with van der Waals surface area (Å²) in [4.78, 5) is 0. The summed E-state index contributed by atoms with van der Waals surface area (Å²) in [7, 11) is 0. The van der Waals surface area contributed by atoms with Crippen LogP contribution in [-0.2, 0) is 11.3 Å². The third-order valence-electron chi connectivity index (χ3n) is 3.31. The molecule has 5 heteroatoms. The van der Waals surface area contributed by atoms with Crippen molar-refractivity contribution in [2.45, 2.75) is 50.9 Å². The Hall–Kier alpha value is -0.940. The van der Waals surface area contributed by atoms with Crippen molar-refractivity contribution in [2.75, 3.05) is 6.61 Å². The first-order chi connectivity index (χ1) is 7.90. The van der Waals surface area contributed by atoms with E-state index in [1.54, 1.807) is 0 Å². The van der Waals surface area contributed by atoms with E-state index < -0.39 is 0 Å². The zero-order chi connectivity index (χ0) is 11.0. The van der Waals surface area contributed by atoms with E-state index in [9.17, 15) is 5.11 Å². The largest absolute Gasteiger partial charge is 0.388 e. The molecule has 5 nitrogen and oxygen atoms in total. The van der Waals surface area contributed by atoms with Crippen LogP contribution in [0.3, 0.4) is 0 Å². The molecule has 0 aromatic carbocycles. The van der Waals surface area contributed by atoms with Gasteiger partial charge in [-0.1, -0.05) is 0 Å². The molecule has 1 aliphatic carbocycles. The SMILES string of the molecule is OCc1nnc(C2CCCCO2)n1C1CC1. The van der Waals surface area contributed by atoms with E-state index in [0.29, 0.717) is 11.9 Å². The number of aromatic nitrogens is 3. The smallest absolute Gasteiger partial charge is 0.162 e. The maximum absolute atomic E-state index is 9.24. The molecule has 0 radical (unpaired) electrons. The Kier molecular flexibility index (Phi) is 2.65. The van der Waals surface area contributed by atoms with Crippen molar-refractivity contribution >= 4 is 0 Å². The first kappa shape index (κ1) is 10.2. The second-order valence-electron chi connectivity index (χ2n) is 4.59. The van der Waals surface area contributed by atoms with Gasteiger partial charge in [-0.15, -0.1) is 10.2 Å². The molecule has 3 rings (SSSR count). The predicted molar refractivity (Wildman–Crippen MR) is 56.8 cm³/mol. The second kappa shape index (κ2) is 4.14. The van der Waals surface area contributed by atoms with Gasteiger partial charge in [-0.25, -0.2) is 0 Å². The molecular weight excluding hydrogens is 206 g/mol. The fourth-order valence-corrected chi connectivity index (χ4v) is 2.34. The quantitative estimate of drug-likeness (QED) is 0.840. The highest BCUT2D eigenvalue weighted by Gasteiger charge is 2.32. The Balaban J connectivity index is 1.89. The maximum Gasteiger partial charge on any atom is 0.162 e. The fourth-order valence-electron chi connectivity index (χ4n) is 2.34. The minimum absolute atomic E-state index is 0.0315. The van der Waals surface area contributed by atoms with Crippen LogP contribution >= 0.6 is 0 Å². The summed E-state index contributed by atoms with van der Waals surface area (Å²) in [5.74, 6) is 1.61. The molecule has 1 aromatic rings. The lowest BCUT2D eigenvalue weighted by Gasteiger charge is -2.22. The third kappa shape index (κ3) is 1.74. The molecule has 0 amide bonds. The van der Waals surface area contributed by atoms with E-state index in [1.807, 2.05) is 0 Å². The number of hydrogen-bond acceptors (Lipinski definition) is 4. The molecule has 1 N–H and O–H groups in total. The van der Waals surface area contributed by atoms with Gasteiger partial charge in [0.1, 0.15) is 12.7 Å². The lowest BCUT2D eigenvalue weighted by molar-refractivity contribution is 0.00687. The van der Waals surface area contributed by atoms with Gasteiger partial charge in [-0.3, -0.25) is 0 Å². The highest BCUT2D eigenvalue weighted by Crippen LogP contribution is 2.39. The molecule has 1 saturated carbocycles. The minimum Gasteiger partial charge on any atom is -0.388 e. The summed E-state index contributed by atoms with van der Waals surface area (Å²) in [6.45, 7) is 0.785. The van der Waals surface area contributed by atoms with Gasteiger partial charge >= 0.3 is 0 Å². The zero-order valence-electron chi connectivity index (χ0n) is 9.30. The zero-order valence-corrected chi connectivity index (χ0v) is 9.30. The molecule has 1 aromatic heterocycles. The molecular formula is C11H17N3O2. The first-order valence-corrected chi connectivity index (χ1v) is 6.06. The number of rotatable bonds is 3. The predicted octanol–water partition coefficient (Wildman–Crippen LogP) is 1.35. The van der Waals surface area contributed by atoms with Crippen LogP contribution < -0.4 is 0 Å². The highest BCUT2D eigenvalue weighted by molar-refractivity contribution is 5.05. The minimum atomic E-state index is -0.0315. The van der Waals surface area contributed by atoms with Crippen LogP contribution in [0, 0.1) is 0 Å². The van der Waals surface area contributed by atoms with Crippen LogP contribution in [0.15, 0.2) is 0 Å². The van der Waals surface area contributed by atoms with Crippen LogP contribution in [0.4, 0.5) is 0 Å². The van der Waals surface area contributed by atoms with Crippen molar-refractivity contribution < 1.29 is 9.84 Å². The van der Waals surface area contributed by atoms with E-state index in [4.69, 9.17) is 4.74 Å².